The van der Waals surface area contributed by atoms with Crippen molar-refractivity contribution in [3.05, 3.63) is 0 Å². The number of aliphatic hydroxyl groups is 1. The van der Waals surface area contributed by atoms with Gasteiger partial charge in [-0.1, -0.05) is 0 Å². The third kappa shape index (κ3) is 22.8. The molecule has 0 rings (SSSR count). The quantitative estimate of drug-likeness (QED) is 0.433. The van der Waals surface area contributed by atoms with E-state index in [9.17, 15) is 9.59 Å². The molecule has 0 aliphatic heterocycles. The first kappa shape index (κ1) is 16.8. The molecule has 0 bridgehead atoms. The second-order valence-electron chi connectivity index (χ2n) is 2.71. The highest BCUT2D eigenvalue weighted by molar-refractivity contribution is 5.76. The predicted octanol–water partition coefficient (Wildman–Crippen LogP) is -0.132. The van der Waals surface area contributed by atoms with Crippen molar-refractivity contribution in [2.45, 2.75) is 26.2 Å². The molecule has 16 heavy (non-hydrogen) atoms. The zero-order valence-electron chi connectivity index (χ0n) is 9.01. The van der Waals surface area contributed by atoms with Crippen molar-refractivity contribution in [2.75, 3.05) is 13.2 Å². The molecule has 0 heterocycles. The lowest BCUT2D eigenvalue weighted by molar-refractivity contribution is -0.147. The maximum absolute atomic E-state index is 10.7. The smallest absolute Gasteiger partial charge is 0.306 e. The molecule has 0 aromatic carbocycles. The number of ether oxygens (including phenoxy) is 1. The molecule has 0 unspecified atom stereocenters. The molecule has 7 heteroatoms. The number of rotatable bonds is 6. The topological polar surface area (TPSA) is 121 Å². The minimum atomic E-state index is -1.02. The van der Waals surface area contributed by atoms with Gasteiger partial charge in [-0.05, 0) is 0 Å². The maximum atomic E-state index is 10.7. The van der Waals surface area contributed by atoms with Crippen LogP contribution in [0.25, 0.3) is 0 Å². The Morgan fingerprint density at radius 2 is 1.62 bits per heavy atom. The summed E-state index contributed by atoms with van der Waals surface area (Å²) in [4.78, 5) is 29.6. The zero-order chi connectivity index (χ0) is 13.0. The van der Waals surface area contributed by atoms with E-state index < -0.39 is 17.9 Å². The van der Waals surface area contributed by atoms with Crippen molar-refractivity contribution >= 4 is 17.9 Å². The number of hydrogen-bond donors (Lipinski definition) is 3. The third-order valence-corrected chi connectivity index (χ3v) is 1.11. The molecular formula is C9H16O7. The lowest BCUT2D eigenvalue weighted by Gasteiger charge is -2.00. The molecule has 0 saturated heterocycles. The standard InChI is InChI=1S/C7H12O5.C2H4O2/c8-4-1-5-12-7(11)3-2-6(9)10;1-2(3)4/h8H,1-5H2,(H,9,10);1H3,(H,3,4). The molecule has 0 fully saturated rings. The molecule has 94 valence electrons. The molecule has 0 amide bonds. The Kier molecular flexibility index (Phi) is 12.0. The molecule has 0 aliphatic carbocycles. The Labute approximate surface area is 92.6 Å². The number of aliphatic hydroxyl groups excluding tert-OH is 1. The summed E-state index contributed by atoms with van der Waals surface area (Å²) in [6.45, 7) is 1.20. The SMILES string of the molecule is CC(=O)O.O=C(O)CCC(=O)OCCCO. The van der Waals surface area contributed by atoms with Crippen LogP contribution in [0.1, 0.15) is 26.2 Å². The zero-order valence-corrected chi connectivity index (χ0v) is 9.01. The first-order chi connectivity index (χ1) is 7.40. The van der Waals surface area contributed by atoms with Gasteiger partial charge in [0.25, 0.3) is 5.97 Å². The summed E-state index contributed by atoms with van der Waals surface area (Å²) < 4.78 is 4.57. The highest BCUT2D eigenvalue weighted by Crippen LogP contribution is 1.93. The van der Waals surface area contributed by atoms with E-state index in [1.807, 2.05) is 0 Å². The van der Waals surface area contributed by atoms with Gasteiger partial charge in [-0.2, -0.15) is 0 Å². The fourth-order valence-electron chi connectivity index (χ4n) is 0.532. The van der Waals surface area contributed by atoms with Gasteiger partial charge >= 0.3 is 11.9 Å². The van der Waals surface area contributed by atoms with Crippen molar-refractivity contribution in [3.63, 3.8) is 0 Å². The van der Waals surface area contributed by atoms with E-state index in [0.29, 0.717) is 6.42 Å². The summed E-state index contributed by atoms with van der Waals surface area (Å²) >= 11 is 0. The number of carbonyl (C=O) groups is 3. The van der Waals surface area contributed by atoms with Gasteiger partial charge in [0, 0.05) is 20.0 Å². The lowest BCUT2D eigenvalue weighted by atomic mass is 10.3. The minimum absolute atomic E-state index is 0.0355. The normalized spacial score (nSPS) is 8.62. The van der Waals surface area contributed by atoms with Gasteiger partial charge in [0.05, 0.1) is 19.4 Å². The molecule has 0 aromatic heterocycles. The van der Waals surface area contributed by atoms with Gasteiger partial charge in [-0.3, -0.25) is 14.4 Å². The number of esters is 1. The van der Waals surface area contributed by atoms with Crippen LogP contribution in [0.15, 0.2) is 0 Å². The van der Waals surface area contributed by atoms with Gasteiger partial charge in [0.2, 0.25) is 0 Å². The van der Waals surface area contributed by atoms with Crippen molar-refractivity contribution in [1.29, 1.82) is 0 Å². The summed E-state index contributed by atoms with van der Waals surface area (Å²) in [7, 11) is 0. The molecular weight excluding hydrogens is 220 g/mol. The second kappa shape index (κ2) is 11.4. The highest BCUT2D eigenvalue weighted by atomic mass is 16.5. The van der Waals surface area contributed by atoms with E-state index in [-0.39, 0.29) is 26.1 Å². The Morgan fingerprint density at radius 3 is 2.00 bits per heavy atom. The van der Waals surface area contributed by atoms with Gasteiger partial charge < -0.3 is 20.1 Å². The van der Waals surface area contributed by atoms with Gasteiger partial charge in [-0.15, -0.1) is 0 Å². The summed E-state index contributed by atoms with van der Waals surface area (Å²) in [6.07, 6.45) is 0.0670. The summed E-state index contributed by atoms with van der Waals surface area (Å²) in [5.41, 5.74) is 0. The van der Waals surface area contributed by atoms with Crippen LogP contribution < -0.4 is 0 Å². The van der Waals surface area contributed by atoms with Gasteiger partial charge in [0.1, 0.15) is 0 Å². The van der Waals surface area contributed by atoms with Gasteiger partial charge in [0.15, 0.2) is 0 Å². The largest absolute Gasteiger partial charge is 0.481 e. The molecule has 0 radical (unpaired) electrons. The van der Waals surface area contributed by atoms with Crippen molar-refractivity contribution < 1.29 is 34.4 Å². The van der Waals surface area contributed by atoms with E-state index in [1.54, 1.807) is 0 Å². The van der Waals surface area contributed by atoms with Crippen LogP contribution in [0.2, 0.25) is 0 Å². The van der Waals surface area contributed by atoms with Crippen LogP contribution >= 0.6 is 0 Å². The Hall–Kier alpha value is -1.63. The molecule has 0 saturated carbocycles. The fraction of sp³-hybridized carbons (Fsp3) is 0.667. The molecule has 7 nitrogen and oxygen atoms in total. The molecule has 3 N–H and O–H groups in total. The van der Waals surface area contributed by atoms with E-state index in [1.165, 1.54) is 0 Å². The van der Waals surface area contributed by atoms with Crippen molar-refractivity contribution in [2.24, 2.45) is 0 Å². The first-order valence-electron chi connectivity index (χ1n) is 4.58. The maximum Gasteiger partial charge on any atom is 0.306 e. The van der Waals surface area contributed by atoms with E-state index in [2.05, 4.69) is 4.74 Å². The van der Waals surface area contributed by atoms with Crippen LogP contribution in [0.3, 0.4) is 0 Å². The van der Waals surface area contributed by atoms with Crippen LogP contribution in [0.4, 0.5) is 0 Å². The molecule has 0 aromatic rings. The van der Waals surface area contributed by atoms with Crippen LogP contribution in [-0.4, -0.2) is 46.4 Å². The summed E-state index contributed by atoms with van der Waals surface area (Å²) in [5, 5.41) is 23.9. The number of carboxylic acid groups (broad SMARTS) is 2. The van der Waals surface area contributed by atoms with Crippen molar-refractivity contribution in [3.8, 4) is 0 Å². The number of aliphatic carboxylic acids is 2. The predicted molar refractivity (Wildman–Crippen MR) is 52.8 cm³/mol. The fourth-order valence-corrected chi connectivity index (χ4v) is 0.532. The Bertz CT molecular complexity index is 220. The number of carbonyl (C=O) groups excluding carboxylic acids is 1. The summed E-state index contributed by atoms with van der Waals surface area (Å²) in [5.74, 6) is -2.39. The third-order valence-electron chi connectivity index (χ3n) is 1.11. The summed E-state index contributed by atoms with van der Waals surface area (Å²) in [6, 6.07) is 0. The number of hydrogen-bond acceptors (Lipinski definition) is 5. The second-order valence-corrected chi connectivity index (χ2v) is 2.71. The molecule has 0 aliphatic rings. The lowest BCUT2D eigenvalue weighted by Crippen LogP contribution is -2.09. The molecule has 0 spiro atoms. The number of carboxylic acids is 2. The highest BCUT2D eigenvalue weighted by Gasteiger charge is 2.05. The van der Waals surface area contributed by atoms with E-state index in [4.69, 9.17) is 20.1 Å². The van der Waals surface area contributed by atoms with E-state index in [0.717, 1.165) is 6.92 Å². The average Bonchev–Trinajstić information content (AvgIpc) is 2.14. The Balaban J connectivity index is 0. The average molecular weight is 236 g/mol. The Morgan fingerprint density at radius 1 is 1.12 bits per heavy atom. The van der Waals surface area contributed by atoms with Crippen LogP contribution in [0, 0.1) is 0 Å². The monoisotopic (exact) mass is 236 g/mol. The van der Waals surface area contributed by atoms with Crippen LogP contribution in [-0.2, 0) is 19.1 Å². The van der Waals surface area contributed by atoms with Crippen LogP contribution in [0.5, 0.6) is 0 Å². The van der Waals surface area contributed by atoms with Crippen molar-refractivity contribution in [1.82, 2.24) is 0 Å². The van der Waals surface area contributed by atoms with E-state index >= 15 is 0 Å². The molecule has 0 atom stereocenters. The first-order valence-corrected chi connectivity index (χ1v) is 4.58. The minimum Gasteiger partial charge on any atom is -0.481 e. The van der Waals surface area contributed by atoms with Gasteiger partial charge in [-0.25, -0.2) is 0 Å².